The number of hydrogen-bond acceptors (Lipinski definition) is 4. The van der Waals surface area contributed by atoms with Crippen LogP contribution in [0.1, 0.15) is 36.6 Å². The summed E-state index contributed by atoms with van der Waals surface area (Å²) >= 11 is 0. The lowest BCUT2D eigenvalue weighted by Crippen LogP contribution is -2.30. The summed E-state index contributed by atoms with van der Waals surface area (Å²) in [5.74, 6) is 0.617. The van der Waals surface area contributed by atoms with Crippen molar-refractivity contribution in [3.8, 4) is 0 Å². The van der Waals surface area contributed by atoms with E-state index in [0.29, 0.717) is 12.2 Å². The lowest BCUT2D eigenvalue weighted by molar-refractivity contribution is 0.242. The third kappa shape index (κ3) is 4.15. The summed E-state index contributed by atoms with van der Waals surface area (Å²) in [5, 5.41) is 7.19. The van der Waals surface area contributed by atoms with Crippen LogP contribution in [0.2, 0.25) is 0 Å². The first-order valence-corrected chi connectivity index (χ1v) is 10.1. The van der Waals surface area contributed by atoms with Crippen molar-refractivity contribution in [2.24, 2.45) is 0 Å². The van der Waals surface area contributed by atoms with Gasteiger partial charge in [-0.2, -0.15) is 5.10 Å². The van der Waals surface area contributed by atoms with Crippen LogP contribution in [0.15, 0.2) is 30.3 Å². The number of sulfonamides is 1. The zero-order valence-electron chi connectivity index (χ0n) is 14.0. The highest BCUT2D eigenvalue weighted by Crippen LogP contribution is 2.25. The Labute approximate surface area is 143 Å². The van der Waals surface area contributed by atoms with Crippen molar-refractivity contribution in [3.05, 3.63) is 47.2 Å². The molecule has 1 aromatic heterocycles. The van der Waals surface area contributed by atoms with E-state index < -0.39 is 10.0 Å². The van der Waals surface area contributed by atoms with Gasteiger partial charge in [0.1, 0.15) is 0 Å². The summed E-state index contributed by atoms with van der Waals surface area (Å²) in [6.07, 6.45) is 2.31. The molecule has 1 aromatic carbocycles. The Kier molecular flexibility index (Phi) is 5.20. The molecule has 0 atom stereocenters. The molecule has 7 heteroatoms. The first-order chi connectivity index (χ1) is 11.6. The van der Waals surface area contributed by atoms with Crippen molar-refractivity contribution in [2.75, 3.05) is 17.0 Å². The minimum Gasteiger partial charge on any atom is -0.293 e. The maximum Gasteiger partial charge on any atom is 0.233 e. The Morgan fingerprint density at radius 3 is 2.83 bits per heavy atom. The van der Waals surface area contributed by atoms with Gasteiger partial charge in [0, 0.05) is 25.2 Å². The van der Waals surface area contributed by atoms with Gasteiger partial charge in [0.05, 0.1) is 11.4 Å². The molecule has 0 radical (unpaired) electrons. The molecule has 1 aliphatic heterocycles. The minimum atomic E-state index is -3.31. The number of hydrogen-bond donors (Lipinski definition) is 2. The predicted octanol–water partition coefficient (Wildman–Crippen LogP) is 2.51. The first kappa shape index (κ1) is 17.0. The third-order valence-corrected chi connectivity index (χ3v) is 5.61. The number of anilines is 1. The highest BCUT2D eigenvalue weighted by atomic mass is 32.2. The van der Waals surface area contributed by atoms with Crippen LogP contribution in [0, 0.1) is 0 Å². The van der Waals surface area contributed by atoms with E-state index in [1.54, 1.807) is 0 Å². The number of H-pyrrole nitrogens is 1. The summed E-state index contributed by atoms with van der Waals surface area (Å²) in [4.78, 5) is 2.34. The fourth-order valence-corrected chi connectivity index (χ4v) is 4.20. The number of nitrogens with zero attached hydrogens (tertiary/aromatic N) is 2. The Balaban J connectivity index is 1.66. The van der Waals surface area contributed by atoms with Crippen LogP contribution in [0.25, 0.3) is 0 Å². The van der Waals surface area contributed by atoms with Crippen LogP contribution in [0.3, 0.4) is 0 Å². The molecule has 0 fully saturated rings. The van der Waals surface area contributed by atoms with Gasteiger partial charge >= 0.3 is 0 Å². The number of unbranched alkanes of at least 4 members (excludes halogenated alkanes) is 1. The SMILES string of the molecule is CCCCS(=O)(=O)Nc1n[nH]c2c1CCN(Cc1ccccc1)C2. The molecule has 2 N–H and O–H groups in total. The maximum atomic E-state index is 12.1. The second-order valence-electron chi connectivity index (χ2n) is 6.25. The maximum absolute atomic E-state index is 12.1. The summed E-state index contributed by atoms with van der Waals surface area (Å²) < 4.78 is 26.8. The molecule has 0 amide bonds. The van der Waals surface area contributed by atoms with Crippen molar-refractivity contribution in [1.82, 2.24) is 15.1 Å². The molecule has 0 aliphatic carbocycles. The fraction of sp³-hybridized carbons (Fsp3) is 0.471. The average Bonchev–Trinajstić information content (AvgIpc) is 2.95. The topological polar surface area (TPSA) is 78.1 Å². The van der Waals surface area contributed by atoms with Crippen molar-refractivity contribution in [3.63, 3.8) is 0 Å². The largest absolute Gasteiger partial charge is 0.293 e. The average molecular weight is 348 g/mol. The minimum absolute atomic E-state index is 0.144. The van der Waals surface area contributed by atoms with Crippen LogP contribution in [-0.2, 0) is 29.5 Å². The Morgan fingerprint density at radius 1 is 1.29 bits per heavy atom. The molecule has 2 aromatic rings. The van der Waals surface area contributed by atoms with E-state index in [2.05, 4.69) is 32.0 Å². The highest BCUT2D eigenvalue weighted by molar-refractivity contribution is 7.92. The standard InChI is InChI=1S/C17H24N4O2S/c1-2-3-11-24(22,23)20-17-15-9-10-21(13-16(15)18-19-17)12-14-7-5-4-6-8-14/h4-8H,2-3,9-13H2,1H3,(H2,18,19,20). The van der Waals surface area contributed by atoms with E-state index >= 15 is 0 Å². The van der Waals surface area contributed by atoms with Crippen LogP contribution in [0.4, 0.5) is 5.82 Å². The summed E-state index contributed by atoms with van der Waals surface area (Å²) in [6, 6.07) is 10.4. The molecule has 0 saturated carbocycles. The molecule has 0 bridgehead atoms. The molecule has 3 rings (SSSR count). The molecule has 0 spiro atoms. The molecular weight excluding hydrogens is 324 g/mol. The number of benzene rings is 1. The molecule has 130 valence electrons. The number of aromatic nitrogens is 2. The van der Waals surface area contributed by atoms with Gasteiger partial charge in [0.15, 0.2) is 5.82 Å². The van der Waals surface area contributed by atoms with Crippen LogP contribution >= 0.6 is 0 Å². The number of rotatable bonds is 7. The van der Waals surface area contributed by atoms with E-state index in [4.69, 9.17) is 0 Å². The Morgan fingerprint density at radius 2 is 2.08 bits per heavy atom. The lowest BCUT2D eigenvalue weighted by atomic mass is 10.1. The van der Waals surface area contributed by atoms with E-state index in [9.17, 15) is 8.42 Å². The van der Waals surface area contributed by atoms with Gasteiger partial charge < -0.3 is 0 Å². The summed E-state index contributed by atoms with van der Waals surface area (Å²) in [6.45, 7) is 4.52. The van der Waals surface area contributed by atoms with Crippen LogP contribution < -0.4 is 4.72 Å². The van der Waals surface area contributed by atoms with Crippen molar-refractivity contribution in [2.45, 2.75) is 39.3 Å². The van der Waals surface area contributed by atoms with Gasteiger partial charge in [-0.3, -0.25) is 14.7 Å². The summed E-state index contributed by atoms with van der Waals surface area (Å²) in [5.41, 5.74) is 3.28. The summed E-state index contributed by atoms with van der Waals surface area (Å²) in [7, 11) is -3.31. The van der Waals surface area contributed by atoms with Crippen molar-refractivity contribution >= 4 is 15.8 Å². The quantitative estimate of drug-likeness (QED) is 0.806. The van der Waals surface area contributed by atoms with Gasteiger partial charge in [-0.05, 0) is 18.4 Å². The fourth-order valence-electron chi connectivity index (χ4n) is 2.97. The lowest BCUT2D eigenvalue weighted by Gasteiger charge is -2.26. The second-order valence-corrected chi connectivity index (χ2v) is 8.09. The van der Waals surface area contributed by atoms with Gasteiger partial charge in [-0.15, -0.1) is 0 Å². The third-order valence-electron chi connectivity index (χ3n) is 4.28. The van der Waals surface area contributed by atoms with E-state index in [0.717, 1.165) is 43.7 Å². The monoisotopic (exact) mass is 348 g/mol. The zero-order chi connectivity index (χ0) is 17.0. The van der Waals surface area contributed by atoms with Gasteiger partial charge in [0.2, 0.25) is 10.0 Å². The van der Waals surface area contributed by atoms with Crippen LogP contribution in [-0.4, -0.2) is 35.8 Å². The van der Waals surface area contributed by atoms with E-state index in [-0.39, 0.29) is 5.75 Å². The smallest absolute Gasteiger partial charge is 0.233 e. The Hall–Kier alpha value is -1.86. The van der Waals surface area contributed by atoms with Crippen molar-refractivity contribution in [1.29, 1.82) is 0 Å². The number of nitrogens with one attached hydrogen (secondary N) is 2. The first-order valence-electron chi connectivity index (χ1n) is 8.40. The number of fused-ring (bicyclic) bond motifs is 1. The van der Waals surface area contributed by atoms with E-state index in [1.165, 1.54) is 5.56 Å². The normalized spacial score (nSPS) is 15.2. The second kappa shape index (κ2) is 7.36. The molecule has 6 nitrogen and oxygen atoms in total. The van der Waals surface area contributed by atoms with Gasteiger partial charge in [-0.1, -0.05) is 43.7 Å². The predicted molar refractivity (Wildman–Crippen MR) is 95.2 cm³/mol. The van der Waals surface area contributed by atoms with Gasteiger partial charge in [0.25, 0.3) is 0 Å². The van der Waals surface area contributed by atoms with Crippen molar-refractivity contribution < 1.29 is 8.42 Å². The molecule has 2 heterocycles. The number of aromatic amines is 1. The molecule has 0 unspecified atom stereocenters. The molecule has 0 saturated heterocycles. The molecule has 1 aliphatic rings. The van der Waals surface area contributed by atoms with Crippen LogP contribution in [0.5, 0.6) is 0 Å². The molecular formula is C17H24N4O2S. The molecule has 24 heavy (non-hydrogen) atoms. The highest BCUT2D eigenvalue weighted by Gasteiger charge is 2.24. The Bertz CT molecular complexity index is 771. The zero-order valence-corrected chi connectivity index (χ0v) is 14.8. The van der Waals surface area contributed by atoms with Gasteiger partial charge in [-0.25, -0.2) is 8.42 Å². The van der Waals surface area contributed by atoms with E-state index in [1.807, 2.05) is 25.1 Å².